The van der Waals surface area contributed by atoms with Gasteiger partial charge in [-0.15, -0.1) is 0 Å². The Bertz CT molecular complexity index is 1180. The van der Waals surface area contributed by atoms with E-state index in [4.69, 9.17) is 16.0 Å². The average Bonchev–Trinajstić information content (AvgIpc) is 3.05. The first kappa shape index (κ1) is 19.9. The van der Waals surface area contributed by atoms with E-state index in [-0.39, 0.29) is 26.9 Å². The molecule has 1 unspecified atom stereocenters. The molecule has 0 saturated heterocycles. The maximum atomic E-state index is 13.6. The Balaban J connectivity index is 1.91. The highest BCUT2D eigenvalue weighted by Gasteiger charge is 2.39. The molecule has 0 spiro atoms. The van der Waals surface area contributed by atoms with Crippen LogP contribution >= 0.6 is 11.6 Å². The van der Waals surface area contributed by atoms with Gasteiger partial charge in [-0.2, -0.15) is 0 Å². The fourth-order valence-corrected chi connectivity index (χ4v) is 6.16. The van der Waals surface area contributed by atoms with E-state index >= 15 is 0 Å². The van der Waals surface area contributed by atoms with Crippen LogP contribution in [0.3, 0.4) is 0 Å². The molecule has 29 heavy (non-hydrogen) atoms. The Hall–Kier alpha value is -2.37. The lowest BCUT2D eigenvalue weighted by atomic mass is 9.77. The molecule has 2 aromatic carbocycles. The van der Waals surface area contributed by atoms with Crippen LogP contribution in [0.1, 0.15) is 53.0 Å². The third-order valence-corrected chi connectivity index (χ3v) is 7.76. The van der Waals surface area contributed by atoms with E-state index in [2.05, 4.69) is 0 Å². The molecule has 1 heterocycles. The van der Waals surface area contributed by atoms with Crippen LogP contribution < -0.4 is 0 Å². The third-order valence-electron chi connectivity index (χ3n) is 5.22. The van der Waals surface area contributed by atoms with Crippen LogP contribution in [0, 0.1) is 5.41 Å². The minimum Gasteiger partial charge on any atom is -0.464 e. The molecule has 3 aromatic rings. The normalized spacial score (nSPS) is 17.0. The summed E-state index contributed by atoms with van der Waals surface area (Å²) in [4.78, 5) is 12.7. The van der Waals surface area contributed by atoms with Crippen LogP contribution in [0.15, 0.2) is 70.0 Å². The van der Waals surface area contributed by atoms with Gasteiger partial charge in [-0.25, -0.2) is 8.42 Å². The van der Waals surface area contributed by atoms with Crippen molar-refractivity contribution in [1.82, 2.24) is 0 Å². The van der Waals surface area contributed by atoms with E-state index in [1.807, 2.05) is 19.9 Å². The van der Waals surface area contributed by atoms with Gasteiger partial charge in [0.05, 0.1) is 15.5 Å². The van der Waals surface area contributed by atoms with E-state index in [1.165, 1.54) is 6.07 Å². The number of benzene rings is 2. The molecular formula is C23H21ClO4S. The van der Waals surface area contributed by atoms with Gasteiger partial charge in [-0.05, 0) is 29.2 Å². The topological polar surface area (TPSA) is 64.3 Å². The Morgan fingerprint density at radius 2 is 1.66 bits per heavy atom. The van der Waals surface area contributed by atoms with Gasteiger partial charge in [0.1, 0.15) is 16.8 Å². The molecule has 150 valence electrons. The van der Waals surface area contributed by atoms with Crippen molar-refractivity contribution in [2.24, 2.45) is 5.41 Å². The standard InChI is InChI=1S/C23H21ClO4S/c1-23(2)13-18(25)16-12-19(28-20(16)14-23)22(15-8-4-3-5-9-15)29(26,27)21-11-7-6-10-17(21)24/h3-12,22H,13-14H2,1-2H3. The van der Waals surface area contributed by atoms with E-state index in [9.17, 15) is 13.2 Å². The lowest BCUT2D eigenvalue weighted by Gasteiger charge is -2.26. The number of hydrogen-bond donors (Lipinski definition) is 0. The molecule has 0 bridgehead atoms. The second kappa shape index (κ2) is 7.15. The number of carbonyl (C=O) groups is 1. The van der Waals surface area contributed by atoms with Crippen LogP contribution in [0.4, 0.5) is 0 Å². The predicted molar refractivity (Wildman–Crippen MR) is 112 cm³/mol. The first-order valence-electron chi connectivity index (χ1n) is 9.38. The van der Waals surface area contributed by atoms with E-state index in [0.29, 0.717) is 29.7 Å². The molecule has 0 aliphatic heterocycles. The molecule has 4 rings (SSSR count). The highest BCUT2D eigenvalue weighted by Crippen LogP contribution is 2.42. The first-order valence-corrected chi connectivity index (χ1v) is 11.3. The average molecular weight is 429 g/mol. The molecule has 0 saturated carbocycles. The predicted octanol–water partition coefficient (Wildman–Crippen LogP) is 5.65. The van der Waals surface area contributed by atoms with Gasteiger partial charge in [0.25, 0.3) is 0 Å². The molecule has 1 aliphatic carbocycles. The number of Topliss-reactive ketones (excluding diaryl/α,β-unsaturated/α-hetero) is 1. The van der Waals surface area contributed by atoms with E-state index in [1.54, 1.807) is 48.5 Å². The van der Waals surface area contributed by atoms with E-state index in [0.717, 1.165) is 0 Å². The Morgan fingerprint density at radius 1 is 1.00 bits per heavy atom. The summed E-state index contributed by atoms with van der Waals surface area (Å²) in [6.45, 7) is 4.01. The van der Waals surface area contributed by atoms with Gasteiger partial charge in [0.15, 0.2) is 15.6 Å². The smallest absolute Gasteiger partial charge is 0.194 e. The van der Waals surface area contributed by atoms with Crippen LogP contribution in [0.25, 0.3) is 0 Å². The third kappa shape index (κ3) is 3.65. The van der Waals surface area contributed by atoms with Crippen LogP contribution in [-0.4, -0.2) is 14.2 Å². The van der Waals surface area contributed by atoms with Crippen molar-refractivity contribution >= 4 is 27.2 Å². The number of rotatable bonds is 4. The Labute approximate surface area is 175 Å². The van der Waals surface area contributed by atoms with Gasteiger partial charge in [-0.1, -0.05) is 67.9 Å². The van der Waals surface area contributed by atoms with Gasteiger partial charge >= 0.3 is 0 Å². The van der Waals surface area contributed by atoms with Gasteiger partial charge in [0, 0.05) is 12.8 Å². The molecule has 4 nitrogen and oxygen atoms in total. The zero-order valence-electron chi connectivity index (χ0n) is 16.2. The van der Waals surface area contributed by atoms with Crippen molar-refractivity contribution < 1.29 is 17.6 Å². The molecule has 0 fully saturated rings. The summed E-state index contributed by atoms with van der Waals surface area (Å²) in [5, 5.41) is -0.938. The summed E-state index contributed by atoms with van der Waals surface area (Å²) in [5.41, 5.74) is 0.822. The van der Waals surface area contributed by atoms with Crippen molar-refractivity contribution in [2.45, 2.75) is 36.8 Å². The summed E-state index contributed by atoms with van der Waals surface area (Å²) >= 11 is 6.23. The molecule has 6 heteroatoms. The summed E-state index contributed by atoms with van der Waals surface area (Å²) in [6.07, 6.45) is 0.994. The maximum Gasteiger partial charge on any atom is 0.194 e. The monoisotopic (exact) mass is 428 g/mol. The van der Waals surface area contributed by atoms with Crippen LogP contribution in [0.2, 0.25) is 5.02 Å². The summed E-state index contributed by atoms with van der Waals surface area (Å²) in [6, 6.07) is 16.8. The lowest BCUT2D eigenvalue weighted by Crippen LogP contribution is -2.25. The molecule has 1 atom stereocenters. The first-order chi connectivity index (χ1) is 13.7. The number of halogens is 1. The fourth-order valence-electron chi connectivity index (χ4n) is 3.90. The second-order valence-electron chi connectivity index (χ2n) is 8.19. The van der Waals surface area contributed by atoms with Crippen LogP contribution in [-0.2, 0) is 16.3 Å². The van der Waals surface area contributed by atoms with Crippen LogP contribution in [0.5, 0.6) is 0 Å². The highest BCUT2D eigenvalue weighted by molar-refractivity contribution is 7.92. The van der Waals surface area contributed by atoms with Crippen molar-refractivity contribution in [2.75, 3.05) is 0 Å². The van der Waals surface area contributed by atoms with Crippen molar-refractivity contribution in [1.29, 1.82) is 0 Å². The molecule has 0 radical (unpaired) electrons. The molecular weight excluding hydrogens is 408 g/mol. The quantitative estimate of drug-likeness (QED) is 0.538. The number of fused-ring (bicyclic) bond motifs is 1. The second-order valence-corrected chi connectivity index (χ2v) is 10.6. The maximum absolute atomic E-state index is 13.6. The van der Waals surface area contributed by atoms with Crippen molar-refractivity contribution in [3.05, 3.63) is 88.3 Å². The molecule has 1 aliphatic rings. The number of sulfone groups is 1. The number of furan rings is 1. The number of ketones is 1. The highest BCUT2D eigenvalue weighted by atomic mass is 35.5. The number of carbonyl (C=O) groups excluding carboxylic acids is 1. The van der Waals surface area contributed by atoms with Gasteiger partial charge in [0.2, 0.25) is 0 Å². The van der Waals surface area contributed by atoms with Crippen molar-refractivity contribution in [3.8, 4) is 0 Å². The zero-order chi connectivity index (χ0) is 20.8. The minimum atomic E-state index is -3.92. The minimum absolute atomic E-state index is 0.0202. The van der Waals surface area contributed by atoms with Gasteiger partial charge in [-0.3, -0.25) is 4.79 Å². The fraction of sp³-hybridized carbons (Fsp3) is 0.261. The Kier molecular flexibility index (Phi) is 4.91. The summed E-state index contributed by atoms with van der Waals surface area (Å²) in [7, 11) is -3.92. The largest absolute Gasteiger partial charge is 0.464 e. The Morgan fingerprint density at radius 3 is 2.34 bits per heavy atom. The van der Waals surface area contributed by atoms with Gasteiger partial charge < -0.3 is 4.42 Å². The zero-order valence-corrected chi connectivity index (χ0v) is 17.8. The van der Waals surface area contributed by atoms with Crippen molar-refractivity contribution in [3.63, 3.8) is 0 Å². The summed E-state index contributed by atoms with van der Waals surface area (Å²) in [5.74, 6) is 0.775. The van der Waals surface area contributed by atoms with E-state index < -0.39 is 15.1 Å². The molecule has 0 amide bonds. The molecule has 1 aromatic heterocycles. The lowest BCUT2D eigenvalue weighted by molar-refractivity contribution is 0.0903. The number of hydrogen-bond acceptors (Lipinski definition) is 4. The summed E-state index contributed by atoms with van der Waals surface area (Å²) < 4.78 is 33.3. The SMILES string of the molecule is CC1(C)CC(=O)c2cc(C(c3ccccc3)S(=O)(=O)c3ccccc3Cl)oc2C1. The molecule has 0 N–H and O–H groups in total.